The number of nitrogens with one attached hydrogen (secondary N) is 1. The summed E-state index contributed by atoms with van der Waals surface area (Å²) in [6, 6.07) is 7.44. The highest BCUT2D eigenvalue weighted by molar-refractivity contribution is 6.33. The van der Waals surface area contributed by atoms with Gasteiger partial charge in [0.05, 0.1) is 22.3 Å². The van der Waals surface area contributed by atoms with Crippen molar-refractivity contribution >= 4 is 17.3 Å². The number of anilines is 1. The molecule has 1 rings (SSSR count). The van der Waals surface area contributed by atoms with Crippen molar-refractivity contribution in [2.45, 2.75) is 51.9 Å². The molecule has 0 spiro atoms. The highest BCUT2D eigenvalue weighted by Crippen LogP contribution is 2.22. The zero-order chi connectivity index (χ0) is 13.9. The highest BCUT2D eigenvalue weighted by Gasteiger charge is 2.01. The molecule has 104 valence electrons. The Balaban J connectivity index is 2.17. The maximum atomic E-state index is 8.84. The van der Waals surface area contributed by atoms with E-state index in [2.05, 4.69) is 18.3 Å². The van der Waals surface area contributed by atoms with E-state index >= 15 is 0 Å². The molecule has 1 aromatic carbocycles. The van der Waals surface area contributed by atoms with Gasteiger partial charge in [-0.25, -0.2) is 0 Å². The fourth-order valence-electron chi connectivity index (χ4n) is 2.04. The summed E-state index contributed by atoms with van der Waals surface area (Å²) in [6.07, 6.45) is 9.09. The Bertz CT molecular complexity index is 410. The van der Waals surface area contributed by atoms with E-state index in [1.807, 2.05) is 6.07 Å². The molecule has 19 heavy (non-hydrogen) atoms. The molecule has 0 atom stereocenters. The van der Waals surface area contributed by atoms with Crippen LogP contribution in [0.15, 0.2) is 18.2 Å². The van der Waals surface area contributed by atoms with E-state index in [1.54, 1.807) is 12.1 Å². The van der Waals surface area contributed by atoms with Gasteiger partial charge in [-0.2, -0.15) is 5.26 Å². The largest absolute Gasteiger partial charge is 0.384 e. The maximum Gasteiger partial charge on any atom is 0.0992 e. The molecule has 0 unspecified atom stereocenters. The predicted molar refractivity (Wildman–Crippen MR) is 82.6 cm³/mol. The van der Waals surface area contributed by atoms with Gasteiger partial charge in [0.1, 0.15) is 0 Å². The molecule has 0 amide bonds. The van der Waals surface area contributed by atoms with E-state index in [1.165, 1.54) is 38.5 Å². The van der Waals surface area contributed by atoms with Crippen molar-refractivity contribution in [1.29, 1.82) is 5.26 Å². The van der Waals surface area contributed by atoms with Gasteiger partial charge in [0.2, 0.25) is 0 Å². The topological polar surface area (TPSA) is 35.8 Å². The number of benzene rings is 1. The minimum atomic E-state index is 0.645. The maximum absolute atomic E-state index is 8.84. The number of hydrogen-bond donors (Lipinski definition) is 1. The zero-order valence-electron chi connectivity index (χ0n) is 11.7. The minimum Gasteiger partial charge on any atom is -0.384 e. The quantitative estimate of drug-likeness (QED) is 0.616. The van der Waals surface area contributed by atoms with Crippen molar-refractivity contribution in [2.24, 2.45) is 0 Å². The van der Waals surface area contributed by atoms with Crippen molar-refractivity contribution in [3.05, 3.63) is 28.8 Å². The summed E-state index contributed by atoms with van der Waals surface area (Å²) < 4.78 is 0. The molecule has 2 nitrogen and oxygen atoms in total. The van der Waals surface area contributed by atoms with E-state index in [0.29, 0.717) is 10.6 Å². The van der Waals surface area contributed by atoms with E-state index in [0.717, 1.165) is 18.7 Å². The van der Waals surface area contributed by atoms with Crippen molar-refractivity contribution in [1.82, 2.24) is 0 Å². The van der Waals surface area contributed by atoms with Gasteiger partial charge in [0.15, 0.2) is 0 Å². The molecule has 0 saturated carbocycles. The number of halogens is 1. The van der Waals surface area contributed by atoms with E-state index in [4.69, 9.17) is 16.9 Å². The van der Waals surface area contributed by atoms with Crippen LogP contribution in [-0.4, -0.2) is 6.54 Å². The van der Waals surface area contributed by atoms with Crippen molar-refractivity contribution in [3.8, 4) is 6.07 Å². The Morgan fingerprint density at radius 2 is 1.79 bits per heavy atom. The summed E-state index contributed by atoms with van der Waals surface area (Å²) >= 11 is 6.08. The summed E-state index contributed by atoms with van der Waals surface area (Å²) in [4.78, 5) is 0. The highest BCUT2D eigenvalue weighted by atomic mass is 35.5. The van der Waals surface area contributed by atoms with Crippen LogP contribution in [0.4, 0.5) is 5.69 Å². The smallest absolute Gasteiger partial charge is 0.0992 e. The second kappa shape index (κ2) is 9.69. The van der Waals surface area contributed by atoms with Gasteiger partial charge < -0.3 is 5.32 Å². The first kappa shape index (κ1) is 15.9. The predicted octanol–water partition coefficient (Wildman–Crippen LogP) is 5.37. The summed E-state index contributed by atoms with van der Waals surface area (Å²) in [6.45, 7) is 3.16. The van der Waals surface area contributed by atoms with Gasteiger partial charge in [-0.3, -0.25) is 0 Å². The van der Waals surface area contributed by atoms with E-state index < -0.39 is 0 Å². The first-order valence-corrected chi connectivity index (χ1v) is 7.59. The van der Waals surface area contributed by atoms with Gasteiger partial charge in [0, 0.05) is 6.54 Å². The monoisotopic (exact) mass is 278 g/mol. The lowest BCUT2D eigenvalue weighted by molar-refractivity contribution is 0.596. The van der Waals surface area contributed by atoms with Crippen molar-refractivity contribution in [3.63, 3.8) is 0 Å². The third-order valence-electron chi connectivity index (χ3n) is 3.19. The molecule has 0 saturated heterocycles. The third kappa shape index (κ3) is 6.50. The van der Waals surface area contributed by atoms with Crippen LogP contribution in [0, 0.1) is 11.3 Å². The van der Waals surface area contributed by atoms with Gasteiger partial charge in [-0.15, -0.1) is 0 Å². The van der Waals surface area contributed by atoms with Crippen LogP contribution in [0.3, 0.4) is 0 Å². The average Bonchev–Trinajstić information content (AvgIpc) is 2.43. The van der Waals surface area contributed by atoms with Crippen LogP contribution in [0.5, 0.6) is 0 Å². The lowest BCUT2D eigenvalue weighted by Gasteiger charge is -2.08. The Labute approximate surface area is 121 Å². The molecule has 0 bridgehead atoms. The molecular weight excluding hydrogens is 256 g/mol. The number of unbranched alkanes of at least 4 members (excludes halogenated alkanes) is 6. The van der Waals surface area contributed by atoms with E-state index in [-0.39, 0.29) is 0 Å². The number of hydrogen-bond acceptors (Lipinski definition) is 2. The molecule has 0 aliphatic heterocycles. The average molecular weight is 279 g/mol. The first-order valence-electron chi connectivity index (χ1n) is 7.21. The number of nitriles is 1. The molecular formula is C16H23ClN2. The summed E-state index contributed by atoms with van der Waals surface area (Å²) in [5.74, 6) is 0. The standard InChI is InChI=1S/C16H23ClN2/c1-2-3-4-5-6-7-8-11-19-16-12-14(13-18)9-10-15(16)17/h9-10,12,19H,2-8,11H2,1H3. The Kier molecular flexibility index (Phi) is 8.09. The first-order chi connectivity index (χ1) is 9.27. The van der Waals surface area contributed by atoms with Crippen molar-refractivity contribution in [2.75, 3.05) is 11.9 Å². The normalized spacial score (nSPS) is 10.2. The van der Waals surface area contributed by atoms with Gasteiger partial charge in [-0.1, -0.05) is 57.0 Å². The third-order valence-corrected chi connectivity index (χ3v) is 3.52. The molecule has 1 N–H and O–H groups in total. The summed E-state index contributed by atoms with van der Waals surface area (Å²) in [5, 5.41) is 12.8. The molecule has 0 aromatic heterocycles. The molecule has 1 aromatic rings. The SMILES string of the molecule is CCCCCCCCCNc1cc(C#N)ccc1Cl. The second-order valence-electron chi connectivity index (χ2n) is 4.85. The van der Waals surface area contributed by atoms with Crippen LogP contribution in [-0.2, 0) is 0 Å². The Morgan fingerprint density at radius 1 is 1.11 bits per heavy atom. The second-order valence-corrected chi connectivity index (χ2v) is 5.26. The van der Waals surface area contributed by atoms with Gasteiger partial charge >= 0.3 is 0 Å². The van der Waals surface area contributed by atoms with Gasteiger partial charge in [0.25, 0.3) is 0 Å². The van der Waals surface area contributed by atoms with Crippen LogP contribution in [0.2, 0.25) is 5.02 Å². The molecule has 0 heterocycles. The lowest BCUT2D eigenvalue weighted by atomic mass is 10.1. The van der Waals surface area contributed by atoms with Crippen LogP contribution in [0.25, 0.3) is 0 Å². The fourth-order valence-corrected chi connectivity index (χ4v) is 2.22. The molecule has 0 fully saturated rings. The minimum absolute atomic E-state index is 0.645. The Morgan fingerprint density at radius 3 is 2.47 bits per heavy atom. The van der Waals surface area contributed by atoms with Crippen LogP contribution in [0.1, 0.15) is 57.4 Å². The zero-order valence-corrected chi connectivity index (χ0v) is 12.5. The summed E-state index contributed by atoms with van der Waals surface area (Å²) in [7, 11) is 0. The molecule has 0 aliphatic rings. The van der Waals surface area contributed by atoms with Gasteiger partial charge in [-0.05, 0) is 24.6 Å². The number of rotatable bonds is 9. The number of nitrogens with zero attached hydrogens (tertiary/aromatic N) is 1. The molecule has 3 heteroatoms. The van der Waals surface area contributed by atoms with Crippen molar-refractivity contribution < 1.29 is 0 Å². The lowest BCUT2D eigenvalue weighted by Crippen LogP contribution is -2.02. The summed E-state index contributed by atoms with van der Waals surface area (Å²) in [5.41, 5.74) is 1.51. The van der Waals surface area contributed by atoms with E-state index in [9.17, 15) is 0 Å². The molecule has 0 aliphatic carbocycles. The fraction of sp³-hybridized carbons (Fsp3) is 0.562. The Hall–Kier alpha value is -1.20. The molecule has 0 radical (unpaired) electrons. The van der Waals surface area contributed by atoms with Crippen LogP contribution < -0.4 is 5.32 Å². The van der Waals surface area contributed by atoms with Crippen LogP contribution >= 0.6 is 11.6 Å².